The van der Waals surface area contributed by atoms with E-state index in [2.05, 4.69) is 5.32 Å². The van der Waals surface area contributed by atoms with Crippen molar-refractivity contribution in [1.82, 2.24) is 9.62 Å². The van der Waals surface area contributed by atoms with E-state index < -0.39 is 10.0 Å². The summed E-state index contributed by atoms with van der Waals surface area (Å²) < 4.78 is 27.1. The third-order valence-electron chi connectivity index (χ3n) is 4.27. The van der Waals surface area contributed by atoms with Gasteiger partial charge in [-0.15, -0.1) is 23.7 Å². The average molecular weight is 339 g/mol. The Morgan fingerprint density at radius 2 is 2.30 bits per heavy atom. The van der Waals surface area contributed by atoms with E-state index in [0.717, 1.165) is 11.4 Å². The van der Waals surface area contributed by atoms with Crippen molar-refractivity contribution in [1.29, 1.82) is 0 Å². The number of fused-ring (bicyclic) bond motifs is 1. The largest absolute Gasteiger partial charge is 0.396 e. The molecule has 0 saturated carbocycles. The first-order valence-corrected chi connectivity index (χ1v) is 8.62. The highest BCUT2D eigenvalue weighted by atomic mass is 35.5. The molecule has 8 heteroatoms. The molecule has 0 aliphatic carbocycles. The molecule has 3 rings (SSSR count). The van der Waals surface area contributed by atoms with Crippen molar-refractivity contribution in [3.63, 3.8) is 0 Å². The number of halogens is 1. The van der Waals surface area contributed by atoms with Crippen molar-refractivity contribution in [3.8, 4) is 0 Å². The summed E-state index contributed by atoms with van der Waals surface area (Å²) in [6, 6.07) is 3.51. The van der Waals surface area contributed by atoms with Crippen LogP contribution in [0.5, 0.6) is 0 Å². The molecule has 3 heterocycles. The molecule has 2 fully saturated rings. The van der Waals surface area contributed by atoms with E-state index in [9.17, 15) is 13.5 Å². The highest BCUT2D eigenvalue weighted by molar-refractivity contribution is 7.91. The van der Waals surface area contributed by atoms with E-state index in [4.69, 9.17) is 0 Å². The highest BCUT2D eigenvalue weighted by Gasteiger charge is 2.52. The number of aryl methyl sites for hydroxylation is 1. The first kappa shape index (κ1) is 16.2. The van der Waals surface area contributed by atoms with Crippen molar-refractivity contribution in [2.24, 2.45) is 11.3 Å². The lowest BCUT2D eigenvalue weighted by Crippen LogP contribution is -2.37. The Kier molecular flexibility index (Phi) is 4.49. The Hall–Kier alpha value is -0.180. The van der Waals surface area contributed by atoms with Gasteiger partial charge in [0.25, 0.3) is 10.0 Å². The molecule has 2 aliphatic rings. The van der Waals surface area contributed by atoms with E-state index >= 15 is 0 Å². The van der Waals surface area contributed by atoms with Crippen LogP contribution in [0, 0.1) is 18.3 Å². The van der Waals surface area contributed by atoms with Crippen molar-refractivity contribution < 1.29 is 13.5 Å². The molecule has 2 unspecified atom stereocenters. The third kappa shape index (κ3) is 2.40. The van der Waals surface area contributed by atoms with E-state index in [1.165, 1.54) is 11.3 Å². The molecule has 1 aromatic rings. The average Bonchev–Trinajstić information content (AvgIpc) is 3.01. The van der Waals surface area contributed by atoms with E-state index in [-0.39, 0.29) is 30.3 Å². The number of hydrogen-bond acceptors (Lipinski definition) is 5. The van der Waals surface area contributed by atoms with E-state index in [1.807, 2.05) is 13.0 Å². The summed E-state index contributed by atoms with van der Waals surface area (Å²) in [7, 11) is -3.40. The molecule has 0 spiro atoms. The summed E-state index contributed by atoms with van der Waals surface area (Å²) in [5.74, 6) is 0.216. The molecular formula is C12H19ClN2O3S2. The lowest BCUT2D eigenvalue weighted by atomic mass is 9.82. The summed E-state index contributed by atoms with van der Waals surface area (Å²) in [5.41, 5.74) is -0.292. The molecule has 2 N–H and O–H groups in total. The topological polar surface area (TPSA) is 69.6 Å². The van der Waals surface area contributed by atoms with Crippen molar-refractivity contribution >= 4 is 33.8 Å². The standard InChI is InChI=1S/C12H18N2O3S2.ClH/c1-9-2-3-11(18-9)19(16,17)14-5-10-4-13-6-12(10,7-14)8-15;/h2-3,10,13,15H,4-8H2,1H3;1H. The summed E-state index contributed by atoms with van der Waals surface area (Å²) >= 11 is 1.31. The fraction of sp³-hybridized carbons (Fsp3) is 0.667. The number of sulfonamides is 1. The van der Waals surface area contributed by atoms with Crippen LogP contribution >= 0.6 is 23.7 Å². The normalized spacial score (nSPS) is 30.2. The minimum absolute atomic E-state index is 0. The molecule has 0 radical (unpaired) electrons. The smallest absolute Gasteiger partial charge is 0.252 e. The molecule has 114 valence electrons. The molecular weight excluding hydrogens is 320 g/mol. The maximum Gasteiger partial charge on any atom is 0.252 e. The molecule has 5 nitrogen and oxygen atoms in total. The van der Waals surface area contributed by atoms with Crippen LogP contribution in [0.1, 0.15) is 4.88 Å². The lowest BCUT2D eigenvalue weighted by molar-refractivity contribution is 0.130. The van der Waals surface area contributed by atoms with Crippen molar-refractivity contribution in [3.05, 3.63) is 17.0 Å². The number of aliphatic hydroxyl groups excluding tert-OH is 1. The molecule has 1 aromatic heterocycles. The lowest BCUT2D eigenvalue weighted by Gasteiger charge is -2.24. The number of hydrogen-bond donors (Lipinski definition) is 2. The molecule has 20 heavy (non-hydrogen) atoms. The van der Waals surface area contributed by atoms with Gasteiger partial charge in [0.15, 0.2) is 0 Å². The SMILES string of the molecule is Cc1ccc(S(=O)(=O)N2CC3CNCC3(CO)C2)s1.Cl. The Bertz CT molecular complexity index is 589. The zero-order chi connectivity index (χ0) is 13.7. The number of rotatable bonds is 3. The summed E-state index contributed by atoms with van der Waals surface area (Å²) in [6.07, 6.45) is 0. The van der Waals surface area contributed by atoms with Crippen LogP contribution in [0.15, 0.2) is 16.3 Å². The van der Waals surface area contributed by atoms with Crippen molar-refractivity contribution in [2.45, 2.75) is 11.1 Å². The summed E-state index contributed by atoms with van der Waals surface area (Å²) in [6.45, 7) is 4.36. The fourth-order valence-electron chi connectivity index (χ4n) is 3.06. The zero-order valence-corrected chi connectivity index (χ0v) is 13.7. The van der Waals surface area contributed by atoms with Gasteiger partial charge >= 0.3 is 0 Å². The van der Waals surface area contributed by atoms with E-state index in [1.54, 1.807) is 10.4 Å². The minimum Gasteiger partial charge on any atom is -0.396 e. The first-order valence-electron chi connectivity index (χ1n) is 6.36. The van der Waals surface area contributed by atoms with Crippen LogP contribution in [0.3, 0.4) is 0 Å². The molecule has 2 aliphatic heterocycles. The summed E-state index contributed by atoms with van der Waals surface area (Å²) in [5, 5.41) is 12.9. The molecule has 2 saturated heterocycles. The number of aliphatic hydroxyl groups is 1. The predicted octanol–water partition coefficient (Wildman–Crippen LogP) is 0.681. The van der Waals surface area contributed by atoms with Crippen LogP contribution in [0.4, 0.5) is 0 Å². The Balaban J connectivity index is 0.00000147. The minimum atomic E-state index is -3.40. The van der Waals surface area contributed by atoms with Gasteiger partial charge in [-0.3, -0.25) is 0 Å². The highest BCUT2D eigenvalue weighted by Crippen LogP contribution is 2.41. The monoisotopic (exact) mass is 338 g/mol. The van der Waals surface area contributed by atoms with Crippen LogP contribution in [-0.2, 0) is 10.0 Å². The number of nitrogens with one attached hydrogen (secondary N) is 1. The number of nitrogens with zero attached hydrogens (tertiary/aromatic N) is 1. The van der Waals surface area contributed by atoms with Gasteiger partial charge in [0, 0.05) is 29.9 Å². The van der Waals surface area contributed by atoms with E-state index in [0.29, 0.717) is 23.8 Å². The van der Waals surface area contributed by atoms with Gasteiger partial charge in [-0.1, -0.05) is 0 Å². The quantitative estimate of drug-likeness (QED) is 0.850. The molecule has 2 atom stereocenters. The van der Waals surface area contributed by atoms with Gasteiger partial charge in [0.1, 0.15) is 4.21 Å². The Morgan fingerprint density at radius 3 is 2.85 bits per heavy atom. The van der Waals surface area contributed by atoms with Gasteiger partial charge in [0.05, 0.1) is 6.61 Å². The van der Waals surface area contributed by atoms with Gasteiger partial charge in [-0.05, 0) is 31.5 Å². The Labute approximate surface area is 129 Å². The van der Waals surface area contributed by atoms with Crippen LogP contribution in [0.2, 0.25) is 0 Å². The van der Waals surface area contributed by atoms with Gasteiger partial charge in [-0.2, -0.15) is 4.31 Å². The van der Waals surface area contributed by atoms with Crippen molar-refractivity contribution in [2.75, 3.05) is 32.8 Å². The fourth-order valence-corrected chi connectivity index (χ4v) is 6.08. The second-order valence-corrected chi connectivity index (χ2v) is 8.96. The van der Waals surface area contributed by atoms with Crippen LogP contribution in [-0.4, -0.2) is 50.6 Å². The molecule has 0 bridgehead atoms. The molecule has 0 aromatic carbocycles. The third-order valence-corrected chi connectivity index (χ3v) is 7.55. The maximum atomic E-state index is 12.6. The van der Waals surface area contributed by atoms with Crippen LogP contribution < -0.4 is 5.32 Å². The molecule has 0 amide bonds. The summed E-state index contributed by atoms with van der Waals surface area (Å²) in [4.78, 5) is 0.997. The van der Waals surface area contributed by atoms with Crippen LogP contribution in [0.25, 0.3) is 0 Å². The van der Waals surface area contributed by atoms with Gasteiger partial charge in [0.2, 0.25) is 0 Å². The Morgan fingerprint density at radius 1 is 1.55 bits per heavy atom. The first-order chi connectivity index (χ1) is 8.98. The second-order valence-electron chi connectivity index (χ2n) is 5.51. The number of thiophene rings is 1. The predicted molar refractivity (Wildman–Crippen MR) is 80.9 cm³/mol. The maximum absolute atomic E-state index is 12.6. The van der Waals surface area contributed by atoms with Gasteiger partial charge < -0.3 is 10.4 Å². The van der Waals surface area contributed by atoms with Gasteiger partial charge in [-0.25, -0.2) is 8.42 Å². The zero-order valence-electron chi connectivity index (χ0n) is 11.2. The second kappa shape index (κ2) is 5.55.